The maximum absolute atomic E-state index is 12.0. The van der Waals surface area contributed by atoms with E-state index in [-0.39, 0.29) is 5.75 Å². The first-order valence-corrected chi connectivity index (χ1v) is 10.1. The minimum atomic E-state index is -0.510. The molecule has 0 spiro atoms. The molecular weight excluding hydrogens is 380 g/mol. The second kappa shape index (κ2) is 9.29. The van der Waals surface area contributed by atoms with Gasteiger partial charge in [-0.15, -0.1) is 11.3 Å². The number of thioether (sulfide) groups is 1. The SMILES string of the molecule is Cc1cc(-c2ccccc2)nc(SCC(=O)NC(=O)NCc2cccs2)n1. The van der Waals surface area contributed by atoms with E-state index in [1.807, 2.05) is 60.8 Å². The molecule has 2 N–H and O–H groups in total. The third kappa shape index (κ3) is 5.90. The molecule has 3 aromatic rings. The van der Waals surface area contributed by atoms with E-state index in [0.29, 0.717) is 11.7 Å². The number of nitrogens with one attached hydrogen (secondary N) is 2. The Morgan fingerprint density at radius 2 is 1.93 bits per heavy atom. The zero-order chi connectivity index (χ0) is 19.1. The van der Waals surface area contributed by atoms with E-state index >= 15 is 0 Å². The maximum atomic E-state index is 12.0. The van der Waals surface area contributed by atoms with E-state index in [9.17, 15) is 9.59 Å². The molecule has 0 radical (unpaired) electrons. The van der Waals surface area contributed by atoms with Crippen molar-refractivity contribution in [3.05, 3.63) is 64.5 Å². The van der Waals surface area contributed by atoms with E-state index < -0.39 is 11.9 Å². The number of thiophene rings is 1. The molecule has 3 amide bonds. The summed E-state index contributed by atoms with van der Waals surface area (Å²) in [5, 5.41) is 7.40. The van der Waals surface area contributed by atoms with Gasteiger partial charge in [0.25, 0.3) is 0 Å². The minimum Gasteiger partial charge on any atom is -0.333 e. The monoisotopic (exact) mass is 398 g/mol. The molecule has 0 aliphatic rings. The Kier molecular flexibility index (Phi) is 6.56. The van der Waals surface area contributed by atoms with Crippen LogP contribution in [0.1, 0.15) is 10.6 Å². The Hall–Kier alpha value is -2.71. The molecule has 1 aromatic carbocycles. The van der Waals surface area contributed by atoms with Crippen molar-refractivity contribution in [1.82, 2.24) is 20.6 Å². The topological polar surface area (TPSA) is 84.0 Å². The lowest BCUT2D eigenvalue weighted by atomic mass is 10.1. The summed E-state index contributed by atoms with van der Waals surface area (Å²) in [6.45, 7) is 2.28. The fraction of sp³-hybridized carbons (Fsp3) is 0.158. The molecule has 0 saturated heterocycles. The zero-order valence-corrected chi connectivity index (χ0v) is 16.3. The molecule has 0 unspecified atom stereocenters. The van der Waals surface area contributed by atoms with Crippen LogP contribution in [0.3, 0.4) is 0 Å². The van der Waals surface area contributed by atoms with Crippen molar-refractivity contribution in [3.63, 3.8) is 0 Å². The van der Waals surface area contributed by atoms with Gasteiger partial charge in [0.1, 0.15) is 0 Å². The van der Waals surface area contributed by atoms with Gasteiger partial charge in [0.05, 0.1) is 18.0 Å². The summed E-state index contributed by atoms with van der Waals surface area (Å²) >= 11 is 2.74. The van der Waals surface area contributed by atoms with Crippen LogP contribution in [0.15, 0.2) is 59.1 Å². The van der Waals surface area contributed by atoms with Crippen molar-refractivity contribution in [2.45, 2.75) is 18.6 Å². The number of carbonyl (C=O) groups is 2. The molecule has 0 aliphatic heterocycles. The molecule has 3 rings (SSSR count). The molecule has 27 heavy (non-hydrogen) atoms. The first kappa shape index (κ1) is 19.1. The predicted molar refractivity (Wildman–Crippen MR) is 108 cm³/mol. The minimum absolute atomic E-state index is 0.0596. The number of amides is 3. The van der Waals surface area contributed by atoms with Crippen LogP contribution in [0.5, 0.6) is 0 Å². The van der Waals surface area contributed by atoms with E-state index in [4.69, 9.17) is 0 Å². The average molecular weight is 399 g/mol. The Morgan fingerprint density at radius 1 is 1.11 bits per heavy atom. The van der Waals surface area contributed by atoms with E-state index in [1.54, 1.807) is 11.3 Å². The van der Waals surface area contributed by atoms with Crippen molar-refractivity contribution < 1.29 is 9.59 Å². The Labute approximate surface area is 165 Å². The summed E-state index contributed by atoms with van der Waals surface area (Å²) in [6.07, 6.45) is 0. The molecule has 2 aromatic heterocycles. The number of nitrogens with zero attached hydrogens (tertiary/aromatic N) is 2. The second-order valence-corrected chi connectivity index (χ2v) is 7.62. The highest BCUT2D eigenvalue weighted by Gasteiger charge is 2.11. The van der Waals surface area contributed by atoms with Crippen LogP contribution in [-0.4, -0.2) is 27.7 Å². The summed E-state index contributed by atoms with van der Waals surface area (Å²) < 4.78 is 0. The van der Waals surface area contributed by atoms with Crippen molar-refractivity contribution >= 4 is 35.0 Å². The number of benzene rings is 1. The first-order valence-electron chi connectivity index (χ1n) is 8.24. The molecular formula is C19H18N4O2S2. The molecule has 2 heterocycles. The molecule has 6 nitrogen and oxygen atoms in total. The fourth-order valence-corrected chi connectivity index (χ4v) is 3.63. The van der Waals surface area contributed by atoms with Crippen LogP contribution in [0, 0.1) is 6.92 Å². The third-order valence-corrected chi connectivity index (χ3v) is 5.22. The number of aryl methyl sites for hydroxylation is 1. The van der Waals surface area contributed by atoms with Gasteiger partial charge in [0, 0.05) is 16.1 Å². The molecule has 0 bridgehead atoms. The Balaban J connectivity index is 1.52. The van der Waals surface area contributed by atoms with Crippen LogP contribution in [0.4, 0.5) is 4.79 Å². The lowest BCUT2D eigenvalue weighted by molar-refractivity contribution is -0.117. The van der Waals surface area contributed by atoms with Gasteiger partial charge in [-0.25, -0.2) is 14.8 Å². The van der Waals surface area contributed by atoms with Gasteiger partial charge >= 0.3 is 6.03 Å². The number of carbonyl (C=O) groups excluding carboxylic acids is 2. The van der Waals surface area contributed by atoms with Gasteiger partial charge in [-0.2, -0.15) is 0 Å². The van der Waals surface area contributed by atoms with Crippen LogP contribution in [-0.2, 0) is 11.3 Å². The van der Waals surface area contributed by atoms with E-state index in [0.717, 1.165) is 21.8 Å². The molecule has 138 valence electrons. The summed E-state index contributed by atoms with van der Waals surface area (Å²) in [6, 6.07) is 15.0. The standard InChI is InChI=1S/C19H18N4O2S2/c1-13-10-16(14-6-3-2-4-7-14)22-19(21-13)27-12-17(24)23-18(25)20-11-15-8-5-9-26-15/h2-10H,11-12H2,1H3,(H2,20,23,24,25). The third-order valence-electron chi connectivity index (χ3n) is 3.49. The summed E-state index contributed by atoms with van der Waals surface area (Å²) in [5.41, 5.74) is 2.61. The van der Waals surface area contributed by atoms with E-state index in [2.05, 4.69) is 20.6 Å². The largest absolute Gasteiger partial charge is 0.333 e. The first-order chi connectivity index (χ1) is 13.1. The van der Waals surface area contributed by atoms with Gasteiger partial charge < -0.3 is 5.32 Å². The van der Waals surface area contributed by atoms with Gasteiger partial charge in [-0.05, 0) is 24.4 Å². The number of aromatic nitrogens is 2. The predicted octanol–water partition coefficient (Wildman–Crippen LogP) is 3.63. The molecule has 0 atom stereocenters. The average Bonchev–Trinajstić information content (AvgIpc) is 3.19. The lowest BCUT2D eigenvalue weighted by Crippen LogP contribution is -2.39. The van der Waals surface area contributed by atoms with Gasteiger partial charge in [0.15, 0.2) is 5.16 Å². The zero-order valence-electron chi connectivity index (χ0n) is 14.6. The van der Waals surface area contributed by atoms with Crippen molar-refractivity contribution in [2.24, 2.45) is 0 Å². The molecule has 0 aliphatic carbocycles. The lowest BCUT2D eigenvalue weighted by Gasteiger charge is -2.07. The summed E-state index contributed by atoms with van der Waals surface area (Å²) in [5.74, 6) is -0.334. The highest BCUT2D eigenvalue weighted by molar-refractivity contribution is 7.99. The number of rotatable bonds is 6. The van der Waals surface area contributed by atoms with Crippen molar-refractivity contribution in [3.8, 4) is 11.3 Å². The maximum Gasteiger partial charge on any atom is 0.321 e. The highest BCUT2D eigenvalue weighted by Crippen LogP contribution is 2.21. The fourth-order valence-electron chi connectivity index (χ4n) is 2.28. The summed E-state index contributed by atoms with van der Waals surface area (Å²) in [4.78, 5) is 33.6. The number of hydrogen-bond donors (Lipinski definition) is 2. The molecule has 8 heteroatoms. The normalized spacial score (nSPS) is 10.4. The molecule has 0 saturated carbocycles. The van der Waals surface area contributed by atoms with Crippen LogP contribution in [0.25, 0.3) is 11.3 Å². The molecule has 0 fully saturated rings. The smallest absolute Gasteiger partial charge is 0.321 e. The van der Waals surface area contributed by atoms with E-state index in [1.165, 1.54) is 11.8 Å². The van der Waals surface area contributed by atoms with Crippen LogP contribution in [0.2, 0.25) is 0 Å². The highest BCUT2D eigenvalue weighted by atomic mass is 32.2. The Bertz CT molecular complexity index is 915. The quantitative estimate of drug-likeness (QED) is 0.489. The number of urea groups is 1. The van der Waals surface area contributed by atoms with Crippen molar-refractivity contribution in [1.29, 1.82) is 0 Å². The van der Waals surface area contributed by atoms with Crippen LogP contribution < -0.4 is 10.6 Å². The van der Waals surface area contributed by atoms with Gasteiger partial charge in [0.2, 0.25) is 5.91 Å². The summed E-state index contributed by atoms with van der Waals surface area (Å²) in [7, 11) is 0. The second-order valence-electron chi connectivity index (χ2n) is 5.64. The van der Waals surface area contributed by atoms with Gasteiger partial charge in [-0.3, -0.25) is 10.1 Å². The number of imide groups is 1. The Morgan fingerprint density at radius 3 is 2.67 bits per heavy atom. The number of hydrogen-bond acceptors (Lipinski definition) is 6. The van der Waals surface area contributed by atoms with Crippen LogP contribution >= 0.6 is 23.1 Å². The van der Waals surface area contributed by atoms with Gasteiger partial charge in [-0.1, -0.05) is 48.2 Å². The van der Waals surface area contributed by atoms with Crippen molar-refractivity contribution in [2.75, 3.05) is 5.75 Å².